The third kappa shape index (κ3) is 8.61. The van der Waals surface area contributed by atoms with Crippen molar-refractivity contribution in [2.75, 3.05) is 32.3 Å². The number of benzene rings is 1. The molecule has 0 spiro atoms. The lowest BCUT2D eigenvalue weighted by Gasteiger charge is -2.23. The molecule has 4 rings (SSSR count). The molecule has 3 aromatic rings. The van der Waals surface area contributed by atoms with Gasteiger partial charge in [0.05, 0.1) is 36.9 Å². The van der Waals surface area contributed by atoms with Gasteiger partial charge in [0.1, 0.15) is 23.3 Å². The van der Waals surface area contributed by atoms with Crippen molar-refractivity contribution >= 4 is 31.1 Å². The molecule has 3 atom stereocenters. The molecule has 12 nitrogen and oxygen atoms in total. The molecule has 0 N–H and O–H groups in total. The summed E-state index contributed by atoms with van der Waals surface area (Å²) < 4.78 is 75.4. The summed E-state index contributed by atoms with van der Waals surface area (Å²) in [6, 6.07) is 6.83. The van der Waals surface area contributed by atoms with Crippen LogP contribution in [0.4, 0.5) is 0 Å². The van der Waals surface area contributed by atoms with Gasteiger partial charge < -0.3 is 18.4 Å². The monoisotopic (exact) mass is 597 g/mol. The molecule has 14 heteroatoms. The molecule has 1 fully saturated rings. The summed E-state index contributed by atoms with van der Waals surface area (Å²) in [6.07, 6.45) is 7.47. The van der Waals surface area contributed by atoms with E-state index in [0.29, 0.717) is 42.0 Å². The van der Waals surface area contributed by atoms with Crippen LogP contribution in [0, 0.1) is 0 Å². The van der Waals surface area contributed by atoms with Crippen LogP contribution >= 0.6 is 0 Å². The average Bonchev–Trinajstić information content (AvgIpc) is 3.24. The molecule has 220 valence electrons. The second-order valence-electron chi connectivity index (χ2n) is 9.89. The first-order valence-electron chi connectivity index (χ1n) is 13.0. The molecule has 3 unspecified atom stereocenters. The molecular weight excluding hydrogens is 562 g/mol. The molecule has 0 amide bonds. The van der Waals surface area contributed by atoms with Gasteiger partial charge in [0.2, 0.25) is 0 Å². The normalized spacial score (nSPS) is 17.9. The van der Waals surface area contributed by atoms with Gasteiger partial charge in [-0.15, -0.1) is 0 Å². The van der Waals surface area contributed by atoms with Crippen LogP contribution < -0.4 is 8.92 Å². The van der Waals surface area contributed by atoms with E-state index in [1.54, 1.807) is 37.5 Å². The fourth-order valence-electron chi connectivity index (χ4n) is 4.42. The molecule has 0 aliphatic carbocycles. The van der Waals surface area contributed by atoms with Crippen molar-refractivity contribution in [1.82, 2.24) is 14.8 Å². The molecule has 3 heterocycles. The van der Waals surface area contributed by atoms with Crippen molar-refractivity contribution in [2.45, 2.75) is 58.0 Å². The zero-order valence-electron chi connectivity index (χ0n) is 23.0. The summed E-state index contributed by atoms with van der Waals surface area (Å²) in [4.78, 5) is 4.33. The fourth-order valence-corrected chi connectivity index (χ4v) is 5.57. The summed E-state index contributed by atoms with van der Waals surface area (Å²) in [5.74, 6) is 0.685. The number of ether oxygens (including phenoxy) is 3. The van der Waals surface area contributed by atoms with Crippen LogP contribution in [-0.2, 0) is 33.9 Å². The van der Waals surface area contributed by atoms with Gasteiger partial charge in [-0.2, -0.15) is 21.9 Å². The van der Waals surface area contributed by atoms with Crippen molar-refractivity contribution in [3.05, 3.63) is 36.7 Å². The van der Waals surface area contributed by atoms with E-state index in [4.69, 9.17) is 27.7 Å². The topological polar surface area (TPSA) is 145 Å². The van der Waals surface area contributed by atoms with Gasteiger partial charge in [0, 0.05) is 30.4 Å². The third-order valence-electron chi connectivity index (χ3n) is 6.04. The Hall–Kier alpha value is -2.78. The maximum absolute atomic E-state index is 11.7. The minimum atomic E-state index is -3.71. The number of hydrogen-bond donors (Lipinski definition) is 0. The number of pyridine rings is 1. The van der Waals surface area contributed by atoms with Crippen molar-refractivity contribution in [2.24, 2.45) is 0 Å². The number of hydrogen-bond acceptors (Lipinski definition) is 11. The molecule has 0 saturated carbocycles. The largest absolute Gasteiger partial charge is 0.487 e. The Morgan fingerprint density at radius 2 is 1.82 bits per heavy atom. The van der Waals surface area contributed by atoms with E-state index in [9.17, 15) is 16.8 Å². The van der Waals surface area contributed by atoms with Crippen molar-refractivity contribution in [3.63, 3.8) is 0 Å². The van der Waals surface area contributed by atoms with Crippen LogP contribution in [0.25, 0.3) is 22.2 Å². The van der Waals surface area contributed by atoms with E-state index < -0.39 is 26.3 Å². The Bertz CT molecular complexity index is 1520. The summed E-state index contributed by atoms with van der Waals surface area (Å²) in [7, 11) is -7.22. The van der Waals surface area contributed by atoms with Crippen LogP contribution in [0.1, 0.15) is 45.8 Å². The van der Waals surface area contributed by atoms with Gasteiger partial charge in [0.25, 0.3) is 10.1 Å². The van der Waals surface area contributed by atoms with Crippen LogP contribution in [-0.4, -0.2) is 76.1 Å². The van der Waals surface area contributed by atoms with Crippen LogP contribution in [0.15, 0.2) is 36.7 Å². The lowest BCUT2D eigenvalue weighted by Crippen LogP contribution is -2.21. The highest BCUT2D eigenvalue weighted by Gasteiger charge is 2.23. The Morgan fingerprint density at radius 3 is 2.52 bits per heavy atom. The van der Waals surface area contributed by atoms with E-state index in [1.165, 1.54) is 0 Å². The van der Waals surface area contributed by atoms with Gasteiger partial charge in [-0.1, -0.05) is 0 Å². The first-order valence-corrected chi connectivity index (χ1v) is 16.6. The van der Waals surface area contributed by atoms with Gasteiger partial charge in [0.15, 0.2) is 6.23 Å². The highest BCUT2D eigenvalue weighted by atomic mass is 32.2. The van der Waals surface area contributed by atoms with Gasteiger partial charge in [-0.3, -0.25) is 9.17 Å². The molecule has 1 saturated heterocycles. The summed E-state index contributed by atoms with van der Waals surface area (Å²) in [6.45, 7) is 4.75. The average molecular weight is 598 g/mol. The third-order valence-corrected chi connectivity index (χ3v) is 7.21. The molecule has 1 aliphatic rings. The fraction of sp³-hybridized carbons (Fsp3) is 0.538. The summed E-state index contributed by atoms with van der Waals surface area (Å²) in [5, 5.41) is 5.55. The second kappa shape index (κ2) is 12.8. The van der Waals surface area contributed by atoms with E-state index in [1.807, 2.05) is 17.7 Å². The molecule has 1 aliphatic heterocycles. The van der Waals surface area contributed by atoms with E-state index in [-0.39, 0.29) is 24.7 Å². The minimum absolute atomic E-state index is 0.183. The minimum Gasteiger partial charge on any atom is -0.487 e. The predicted molar refractivity (Wildman–Crippen MR) is 148 cm³/mol. The molecule has 1 aromatic carbocycles. The number of rotatable bonds is 13. The van der Waals surface area contributed by atoms with Crippen molar-refractivity contribution in [3.8, 4) is 22.8 Å². The van der Waals surface area contributed by atoms with Gasteiger partial charge in [-0.05, 0) is 63.8 Å². The quantitative estimate of drug-likeness (QED) is 0.210. The Labute approximate surface area is 234 Å². The van der Waals surface area contributed by atoms with Crippen molar-refractivity contribution < 1.29 is 39.4 Å². The number of nitrogens with zero attached hydrogens (tertiary/aromatic N) is 3. The van der Waals surface area contributed by atoms with Crippen LogP contribution in [0.5, 0.6) is 11.5 Å². The Balaban J connectivity index is 1.51. The molecule has 2 aromatic heterocycles. The van der Waals surface area contributed by atoms with E-state index >= 15 is 0 Å². The Morgan fingerprint density at radius 1 is 1.02 bits per heavy atom. The maximum Gasteiger partial charge on any atom is 0.306 e. The van der Waals surface area contributed by atoms with E-state index in [0.717, 1.165) is 37.3 Å². The standard InChI is InChI=1S/C26H35N3O9S2/c1-18(37-39(3,30)31)10-12-34-17-19(2)36-22-13-20(15-27-16-22)26-23-14-21(38-40(4,32)33)8-9-24(23)29(28-26)25-7-5-6-11-35-25/h8-9,13-16,18-19,25H,5-7,10-12,17H2,1-4H3. The highest BCUT2D eigenvalue weighted by molar-refractivity contribution is 7.86. The lowest BCUT2D eigenvalue weighted by molar-refractivity contribution is -0.0365. The SMILES string of the molecule is CC(COCCC(C)OS(C)(=O)=O)Oc1cncc(-c2nn(C3CCCCO3)c3ccc(OS(C)(=O)=O)cc23)c1. The van der Waals surface area contributed by atoms with Crippen LogP contribution in [0.3, 0.4) is 0 Å². The second-order valence-corrected chi connectivity index (χ2v) is 13.1. The maximum atomic E-state index is 11.7. The van der Waals surface area contributed by atoms with Crippen LogP contribution in [0.2, 0.25) is 0 Å². The number of fused-ring (bicyclic) bond motifs is 1. The zero-order chi connectivity index (χ0) is 28.9. The van der Waals surface area contributed by atoms with Crippen molar-refractivity contribution in [1.29, 1.82) is 0 Å². The first kappa shape index (κ1) is 30.2. The number of aromatic nitrogens is 3. The summed E-state index contributed by atoms with van der Waals surface area (Å²) in [5.41, 5.74) is 2.04. The summed E-state index contributed by atoms with van der Waals surface area (Å²) >= 11 is 0. The molecular formula is C26H35N3O9S2. The molecule has 40 heavy (non-hydrogen) atoms. The smallest absolute Gasteiger partial charge is 0.306 e. The predicted octanol–water partition coefficient (Wildman–Crippen LogP) is 3.67. The van der Waals surface area contributed by atoms with E-state index in [2.05, 4.69) is 4.98 Å². The lowest BCUT2D eigenvalue weighted by atomic mass is 10.1. The Kier molecular flexibility index (Phi) is 9.67. The van der Waals surface area contributed by atoms with Gasteiger partial charge in [-0.25, -0.2) is 4.68 Å². The molecule has 0 bridgehead atoms. The zero-order valence-corrected chi connectivity index (χ0v) is 24.6. The highest BCUT2D eigenvalue weighted by Crippen LogP contribution is 2.35. The van der Waals surface area contributed by atoms with Gasteiger partial charge >= 0.3 is 10.1 Å². The first-order chi connectivity index (χ1) is 18.9. The molecule has 0 radical (unpaired) electrons.